The minimum atomic E-state index is 0.963. The van der Waals surface area contributed by atoms with Crippen LogP contribution in [0.15, 0.2) is 53.7 Å². The van der Waals surface area contributed by atoms with Crippen LogP contribution in [-0.2, 0) is 0 Å². The SMILES string of the molecule is C=C/N=C(/C)C(/C=C\C)=C(C)C=C. The van der Waals surface area contributed by atoms with Gasteiger partial charge in [-0.15, -0.1) is 0 Å². The van der Waals surface area contributed by atoms with E-state index in [0.29, 0.717) is 0 Å². The van der Waals surface area contributed by atoms with Crippen LogP contribution in [-0.4, -0.2) is 5.71 Å². The van der Waals surface area contributed by atoms with E-state index in [9.17, 15) is 0 Å². The van der Waals surface area contributed by atoms with Gasteiger partial charge in [0.15, 0.2) is 0 Å². The fourth-order valence-electron chi connectivity index (χ4n) is 1.02. The highest BCUT2D eigenvalue weighted by atomic mass is 14.7. The Hall–Kier alpha value is -1.37. The molecule has 0 saturated carbocycles. The van der Waals surface area contributed by atoms with Gasteiger partial charge in [0.1, 0.15) is 0 Å². The predicted molar refractivity (Wildman–Crippen MR) is 61.0 cm³/mol. The lowest BCUT2D eigenvalue weighted by Crippen LogP contribution is -1.96. The maximum Gasteiger partial charge on any atom is 0.0447 e. The van der Waals surface area contributed by atoms with Crippen LogP contribution < -0.4 is 0 Å². The van der Waals surface area contributed by atoms with Crippen molar-refractivity contribution >= 4 is 5.71 Å². The fourth-order valence-corrected chi connectivity index (χ4v) is 1.02. The number of allylic oxidation sites excluding steroid dienone is 5. The minimum Gasteiger partial charge on any atom is -0.262 e. The summed E-state index contributed by atoms with van der Waals surface area (Å²) in [5.74, 6) is 0. The van der Waals surface area contributed by atoms with E-state index < -0.39 is 0 Å². The Morgan fingerprint density at radius 1 is 1.23 bits per heavy atom. The highest BCUT2D eigenvalue weighted by molar-refractivity contribution is 6.02. The quantitative estimate of drug-likeness (QED) is 0.456. The normalized spacial score (nSPS) is 14.2. The summed E-state index contributed by atoms with van der Waals surface area (Å²) in [6.45, 7) is 13.3. The van der Waals surface area contributed by atoms with E-state index in [0.717, 1.165) is 16.9 Å². The highest BCUT2D eigenvalue weighted by Gasteiger charge is 1.98. The number of hydrogen-bond acceptors (Lipinski definition) is 1. The largest absolute Gasteiger partial charge is 0.262 e. The van der Waals surface area contributed by atoms with E-state index in [1.54, 1.807) is 6.20 Å². The molecule has 0 aromatic rings. The molecule has 13 heavy (non-hydrogen) atoms. The summed E-state index contributed by atoms with van der Waals surface area (Å²) in [5, 5.41) is 0. The van der Waals surface area contributed by atoms with E-state index in [1.807, 2.05) is 39.0 Å². The molecule has 0 aliphatic carbocycles. The molecule has 0 radical (unpaired) electrons. The van der Waals surface area contributed by atoms with Crippen LogP contribution in [0, 0.1) is 0 Å². The van der Waals surface area contributed by atoms with Crippen LogP contribution in [0.4, 0.5) is 0 Å². The van der Waals surface area contributed by atoms with Crippen molar-refractivity contribution in [1.29, 1.82) is 0 Å². The Morgan fingerprint density at radius 2 is 1.85 bits per heavy atom. The molecule has 0 aliphatic rings. The molecule has 0 amide bonds. The van der Waals surface area contributed by atoms with Crippen molar-refractivity contribution < 1.29 is 0 Å². The molecule has 1 nitrogen and oxygen atoms in total. The second-order valence-corrected chi connectivity index (χ2v) is 2.70. The van der Waals surface area contributed by atoms with Gasteiger partial charge in [-0.05, 0) is 31.9 Å². The number of aliphatic imine (C=N–C) groups is 1. The molecule has 0 atom stereocenters. The molecular weight excluding hydrogens is 158 g/mol. The second-order valence-electron chi connectivity index (χ2n) is 2.70. The number of hydrogen-bond donors (Lipinski definition) is 0. The Kier molecular flexibility index (Phi) is 5.53. The van der Waals surface area contributed by atoms with Crippen LogP contribution in [0.25, 0.3) is 0 Å². The average Bonchev–Trinajstić information content (AvgIpc) is 2.13. The van der Waals surface area contributed by atoms with Gasteiger partial charge in [-0.1, -0.05) is 31.4 Å². The Balaban J connectivity index is 5.14. The first-order valence-corrected chi connectivity index (χ1v) is 4.29. The molecule has 0 saturated heterocycles. The summed E-state index contributed by atoms with van der Waals surface area (Å²) in [6, 6.07) is 0. The molecule has 0 aromatic heterocycles. The first kappa shape index (κ1) is 11.6. The topological polar surface area (TPSA) is 12.4 Å². The van der Waals surface area contributed by atoms with Crippen LogP contribution in [0.2, 0.25) is 0 Å². The van der Waals surface area contributed by atoms with Gasteiger partial charge >= 0.3 is 0 Å². The third kappa shape index (κ3) is 3.70. The van der Waals surface area contributed by atoms with Gasteiger partial charge < -0.3 is 0 Å². The van der Waals surface area contributed by atoms with Crippen LogP contribution in [0.5, 0.6) is 0 Å². The smallest absolute Gasteiger partial charge is 0.0447 e. The summed E-state index contributed by atoms with van der Waals surface area (Å²) in [4.78, 5) is 4.14. The van der Waals surface area contributed by atoms with Gasteiger partial charge in [0.2, 0.25) is 0 Å². The zero-order valence-corrected chi connectivity index (χ0v) is 8.67. The molecule has 0 heterocycles. The molecule has 0 aromatic carbocycles. The Morgan fingerprint density at radius 3 is 2.23 bits per heavy atom. The van der Waals surface area contributed by atoms with E-state index in [4.69, 9.17) is 0 Å². The zero-order chi connectivity index (χ0) is 10.3. The van der Waals surface area contributed by atoms with Crippen LogP contribution in [0.1, 0.15) is 20.8 Å². The lowest BCUT2D eigenvalue weighted by molar-refractivity contribution is 1.43. The monoisotopic (exact) mass is 175 g/mol. The van der Waals surface area contributed by atoms with E-state index in [-0.39, 0.29) is 0 Å². The summed E-state index contributed by atoms with van der Waals surface area (Å²) >= 11 is 0. The van der Waals surface area contributed by atoms with Crippen molar-refractivity contribution in [2.75, 3.05) is 0 Å². The zero-order valence-electron chi connectivity index (χ0n) is 8.67. The second kappa shape index (κ2) is 6.18. The van der Waals surface area contributed by atoms with Crippen molar-refractivity contribution in [1.82, 2.24) is 0 Å². The van der Waals surface area contributed by atoms with Crippen LogP contribution in [0.3, 0.4) is 0 Å². The molecular formula is C12H17N. The van der Waals surface area contributed by atoms with Crippen molar-refractivity contribution in [2.45, 2.75) is 20.8 Å². The maximum atomic E-state index is 4.14. The molecule has 0 N–H and O–H groups in total. The van der Waals surface area contributed by atoms with Gasteiger partial charge in [0.25, 0.3) is 0 Å². The first-order chi connectivity index (χ1) is 6.17. The standard InChI is InChI=1S/C12H17N/c1-6-9-12(10(4)7-2)11(5)13-8-3/h6-9H,2-3H2,1,4-5H3/b9-6-,12-10?,13-11-. The minimum absolute atomic E-state index is 0.963. The van der Waals surface area contributed by atoms with Crippen molar-refractivity contribution in [3.8, 4) is 0 Å². The average molecular weight is 175 g/mol. The summed E-state index contributed by atoms with van der Waals surface area (Å²) < 4.78 is 0. The third-order valence-electron chi connectivity index (χ3n) is 1.74. The summed E-state index contributed by atoms with van der Waals surface area (Å²) in [5.41, 5.74) is 3.20. The lowest BCUT2D eigenvalue weighted by atomic mass is 10.1. The van der Waals surface area contributed by atoms with Crippen LogP contribution >= 0.6 is 0 Å². The molecule has 70 valence electrons. The highest BCUT2D eigenvalue weighted by Crippen LogP contribution is 2.09. The van der Waals surface area contributed by atoms with Crippen molar-refractivity contribution in [2.24, 2.45) is 4.99 Å². The third-order valence-corrected chi connectivity index (χ3v) is 1.74. The van der Waals surface area contributed by atoms with E-state index in [2.05, 4.69) is 18.2 Å². The molecule has 0 fully saturated rings. The lowest BCUT2D eigenvalue weighted by Gasteiger charge is -2.03. The van der Waals surface area contributed by atoms with E-state index >= 15 is 0 Å². The predicted octanol–water partition coefficient (Wildman–Crippen LogP) is 3.67. The van der Waals surface area contributed by atoms with Gasteiger partial charge in [-0.2, -0.15) is 0 Å². The Bertz CT molecular complexity index is 277. The molecule has 0 unspecified atom stereocenters. The number of nitrogens with zero attached hydrogens (tertiary/aromatic N) is 1. The molecule has 0 bridgehead atoms. The van der Waals surface area contributed by atoms with Gasteiger partial charge in [0.05, 0.1) is 0 Å². The van der Waals surface area contributed by atoms with Gasteiger partial charge in [-0.25, -0.2) is 0 Å². The fraction of sp³-hybridized carbons (Fsp3) is 0.250. The molecule has 1 heteroatoms. The summed E-state index contributed by atoms with van der Waals surface area (Å²) in [6.07, 6.45) is 7.40. The summed E-state index contributed by atoms with van der Waals surface area (Å²) in [7, 11) is 0. The number of rotatable bonds is 4. The molecule has 0 aliphatic heterocycles. The van der Waals surface area contributed by atoms with Crippen molar-refractivity contribution in [3.05, 3.63) is 48.7 Å². The van der Waals surface area contributed by atoms with Gasteiger partial charge in [-0.3, -0.25) is 4.99 Å². The first-order valence-electron chi connectivity index (χ1n) is 4.29. The van der Waals surface area contributed by atoms with Crippen molar-refractivity contribution in [3.63, 3.8) is 0 Å². The molecule has 0 rings (SSSR count). The maximum absolute atomic E-state index is 4.14. The molecule has 0 spiro atoms. The Labute approximate surface area is 80.9 Å². The van der Waals surface area contributed by atoms with E-state index in [1.165, 1.54) is 0 Å². The van der Waals surface area contributed by atoms with Gasteiger partial charge in [0, 0.05) is 11.9 Å².